The highest BCUT2D eigenvalue weighted by Gasteiger charge is 2.28. The van der Waals surface area contributed by atoms with Crippen molar-refractivity contribution in [1.82, 2.24) is 15.1 Å². The number of hydrogen-bond acceptors (Lipinski definition) is 5. The molecule has 8 nitrogen and oxygen atoms in total. The zero-order valence-corrected chi connectivity index (χ0v) is 21.3. The third-order valence-corrected chi connectivity index (χ3v) is 6.59. The molecule has 1 heterocycles. The first-order valence-electron chi connectivity index (χ1n) is 11.1. The van der Waals surface area contributed by atoms with Gasteiger partial charge in [-0.25, -0.2) is 9.07 Å². The fourth-order valence-electron chi connectivity index (χ4n) is 3.19. The van der Waals surface area contributed by atoms with Crippen LogP contribution in [-0.4, -0.2) is 44.1 Å². The number of aromatic nitrogens is 2. The van der Waals surface area contributed by atoms with Gasteiger partial charge in [-0.05, 0) is 42.7 Å². The van der Waals surface area contributed by atoms with Crippen molar-refractivity contribution < 1.29 is 28.9 Å². The van der Waals surface area contributed by atoms with Gasteiger partial charge in [0.25, 0.3) is 5.91 Å². The topological polar surface area (TPSA) is 114 Å². The van der Waals surface area contributed by atoms with Gasteiger partial charge in [0, 0.05) is 6.07 Å². The lowest BCUT2D eigenvalue weighted by molar-refractivity contribution is -0.137. The molecule has 0 saturated heterocycles. The van der Waals surface area contributed by atoms with Crippen LogP contribution in [0.1, 0.15) is 49.3 Å². The maximum atomic E-state index is 13.9. The summed E-state index contributed by atoms with van der Waals surface area (Å²) in [5.74, 6) is -2.45. The highest BCUT2D eigenvalue weighted by Crippen LogP contribution is 2.32. The van der Waals surface area contributed by atoms with Crippen molar-refractivity contribution in [2.45, 2.75) is 38.8 Å². The number of nitrogens with zero attached hydrogens (tertiary/aromatic N) is 2. The first kappa shape index (κ1) is 27.4. The highest BCUT2D eigenvalue weighted by atomic mass is 35.5. The number of carboxylic acids is 1. The summed E-state index contributed by atoms with van der Waals surface area (Å²) in [4.78, 5) is 24.6. The number of halogens is 3. The van der Waals surface area contributed by atoms with Crippen LogP contribution in [0.5, 0.6) is 5.88 Å². The number of hydrogen-bond donors (Lipinski definition) is 3. The summed E-state index contributed by atoms with van der Waals surface area (Å²) in [5.41, 5.74) is -0.691. The van der Waals surface area contributed by atoms with Crippen LogP contribution in [-0.2, 0) is 4.79 Å². The number of carbonyl (C=O) groups is 2. The van der Waals surface area contributed by atoms with Gasteiger partial charge in [-0.3, -0.25) is 9.59 Å². The second-order valence-corrected chi connectivity index (χ2v) is 9.61. The van der Waals surface area contributed by atoms with E-state index in [2.05, 4.69) is 10.4 Å². The summed E-state index contributed by atoms with van der Waals surface area (Å²) in [6, 6.07) is 10.5. The van der Waals surface area contributed by atoms with E-state index in [0.29, 0.717) is 5.56 Å². The first-order chi connectivity index (χ1) is 16.9. The molecule has 1 aromatic heterocycles. The summed E-state index contributed by atoms with van der Waals surface area (Å²) >= 11 is 12.3. The lowest BCUT2D eigenvalue weighted by atomic mass is 9.94. The van der Waals surface area contributed by atoms with Gasteiger partial charge < -0.3 is 20.3 Å². The molecule has 0 saturated carbocycles. The Morgan fingerprint density at radius 1 is 1.19 bits per heavy atom. The van der Waals surface area contributed by atoms with Gasteiger partial charge in [-0.2, -0.15) is 5.10 Å². The molecule has 3 aromatic rings. The summed E-state index contributed by atoms with van der Waals surface area (Å²) in [6.07, 6.45) is -0.461. The molecule has 2 atom stereocenters. The zero-order valence-electron chi connectivity index (χ0n) is 19.8. The number of carboxylic acid groups (broad SMARTS) is 1. The third-order valence-electron chi connectivity index (χ3n) is 5.76. The molecule has 3 N–H and O–H groups in total. The predicted octanol–water partition coefficient (Wildman–Crippen LogP) is 5.05. The van der Waals surface area contributed by atoms with Crippen LogP contribution in [0.3, 0.4) is 0 Å². The molecular formula is C25H26Cl2FN3O5. The Balaban J connectivity index is 1.96. The Labute approximate surface area is 217 Å². The van der Waals surface area contributed by atoms with Crippen LogP contribution in [0.15, 0.2) is 48.5 Å². The number of aliphatic carboxylic acids is 1. The Morgan fingerprint density at radius 2 is 1.89 bits per heavy atom. The summed E-state index contributed by atoms with van der Waals surface area (Å²) in [7, 11) is 0. The number of nitrogens with one attached hydrogen (secondary N) is 1. The van der Waals surface area contributed by atoms with Gasteiger partial charge in [-0.15, -0.1) is 0 Å². The van der Waals surface area contributed by atoms with Gasteiger partial charge in [0.05, 0.1) is 33.8 Å². The number of carbonyl (C=O) groups excluding carboxylic acids is 1. The SMILES string of the molecule is CC(C)C(C)(O)COc1cc(C(=O)NC(CC(=O)O)c2cccc(Cl)c2Cl)nn1-c1cccc(F)c1. The number of benzene rings is 2. The van der Waals surface area contributed by atoms with Crippen LogP contribution < -0.4 is 10.1 Å². The van der Waals surface area contributed by atoms with E-state index in [1.807, 2.05) is 13.8 Å². The van der Waals surface area contributed by atoms with E-state index in [9.17, 15) is 24.2 Å². The summed E-state index contributed by atoms with van der Waals surface area (Å²) in [6.45, 7) is 5.15. The molecule has 0 aliphatic carbocycles. The molecule has 0 fully saturated rings. The van der Waals surface area contributed by atoms with Crippen molar-refractivity contribution in [3.63, 3.8) is 0 Å². The van der Waals surface area contributed by atoms with Crippen LogP contribution in [0.4, 0.5) is 4.39 Å². The van der Waals surface area contributed by atoms with Gasteiger partial charge in [0.1, 0.15) is 12.4 Å². The quantitative estimate of drug-likeness (QED) is 0.333. The first-order valence-corrected chi connectivity index (χ1v) is 11.8. The van der Waals surface area contributed by atoms with Gasteiger partial charge in [-0.1, -0.05) is 55.2 Å². The van der Waals surface area contributed by atoms with Gasteiger partial charge in [0.2, 0.25) is 5.88 Å². The Bertz CT molecular complexity index is 1260. The molecule has 11 heteroatoms. The minimum atomic E-state index is -1.19. The van der Waals surface area contributed by atoms with Gasteiger partial charge >= 0.3 is 5.97 Å². The molecule has 0 aliphatic rings. The number of amides is 1. The van der Waals surface area contributed by atoms with Crippen molar-refractivity contribution in [1.29, 1.82) is 0 Å². The maximum Gasteiger partial charge on any atom is 0.305 e. The fraction of sp³-hybridized carbons (Fsp3) is 0.320. The molecule has 0 aliphatic heterocycles. The van der Waals surface area contributed by atoms with E-state index in [4.69, 9.17) is 27.9 Å². The predicted molar refractivity (Wildman–Crippen MR) is 133 cm³/mol. The molecule has 1 amide bonds. The summed E-state index contributed by atoms with van der Waals surface area (Å²) in [5, 5.41) is 27.2. The van der Waals surface area contributed by atoms with Crippen molar-refractivity contribution in [3.8, 4) is 11.6 Å². The van der Waals surface area contributed by atoms with Crippen molar-refractivity contribution in [3.05, 3.63) is 75.7 Å². The Morgan fingerprint density at radius 3 is 2.53 bits per heavy atom. The molecular weight excluding hydrogens is 512 g/mol. The summed E-state index contributed by atoms with van der Waals surface area (Å²) < 4.78 is 20.9. The standard InChI is InChI=1S/C25H26Cl2FN3O5/c1-14(2)25(3,35)13-36-21-11-20(30-31(21)16-7-4-6-15(28)10-16)24(34)29-19(12-22(32)33)17-8-5-9-18(26)23(17)27/h4-11,14,19,35H,12-13H2,1-3H3,(H,29,34)(H,32,33). The number of aliphatic hydroxyl groups is 1. The second-order valence-electron chi connectivity index (χ2n) is 8.83. The molecule has 192 valence electrons. The van der Waals surface area contributed by atoms with Crippen LogP contribution >= 0.6 is 23.2 Å². The van der Waals surface area contributed by atoms with Crippen molar-refractivity contribution >= 4 is 35.1 Å². The second kappa shape index (κ2) is 11.3. The Kier molecular flexibility index (Phi) is 8.60. The Hall–Kier alpha value is -3.14. The lowest BCUT2D eigenvalue weighted by Crippen LogP contribution is -2.38. The molecule has 0 bridgehead atoms. The molecule has 0 spiro atoms. The maximum absolute atomic E-state index is 13.9. The molecule has 2 unspecified atom stereocenters. The molecule has 36 heavy (non-hydrogen) atoms. The lowest BCUT2D eigenvalue weighted by Gasteiger charge is -2.27. The normalized spacial score (nSPS) is 13.8. The fourth-order valence-corrected chi connectivity index (χ4v) is 3.63. The van der Waals surface area contributed by atoms with Gasteiger partial charge in [0.15, 0.2) is 5.69 Å². The zero-order chi connectivity index (χ0) is 26.6. The average molecular weight is 538 g/mol. The van der Waals surface area contributed by atoms with E-state index in [1.54, 1.807) is 31.2 Å². The average Bonchev–Trinajstić information content (AvgIpc) is 3.23. The van der Waals surface area contributed by atoms with Crippen LogP contribution in [0, 0.1) is 11.7 Å². The van der Waals surface area contributed by atoms with Crippen molar-refractivity contribution in [2.75, 3.05) is 6.61 Å². The van der Waals surface area contributed by atoms with E-state index < -0.39 is 35.8 Å². The molecule has 2 aromatic carbocycles. The van der Waals surface area contributed by atoms with Crippen molar-refractivity contribution in [2.24, 2.45) is 5.92 Å². The molecule has 0 radical (unpaired) electrons. The third kappa shape index (κ3) is 6.54. The minimum absolute atomic E-state index is 0.0854. The number of ether oxygens (including phenoxy) is 1. The van der Waals surface area contributed by atoms with E-state index in [0.717, 1.165) is 0 Å². The smallest absolute Gasteiger partial charge is 0.305 e. The molecule has 3 rings (SSSR count). The van der Waals surface area contributed by atoms with Crippen LogP contribution in [0.25, 0.3) is 5.69 Å². The van der Waals surface area contributed by atoms with E-state index in [-0.39, 0.29) is 39.8 Å². The van der Waals surface area contributed by atoms with E-state index >= 15 is 0 Å². The minimum Gasteiger partial charge on any atom is -0.481 e. The van der Waals surface area contributed by atoms with E-state index in [1.165, 1.54) is 28.9 Å². The largest absolute Gasteiger partial charge is 0.481 e. The number of rotatable bonds is 10. The monoisotopic (exact) mass is 537 g/mol. The van der Waals surface area contributed by atoms with Crippen LogP contribution in [0.2, 0.25) is 10.0 Å². The highest BCUT2D eigenvalue weighted by molar-refractivity contribution is 6.42.